The molecule has 1 aliphatic heterocycles. The van der Waals surface area contributed by atoms with Crippen molar-refractivity contribution < 1.29 is 31.2 Å². The summed E-state index contributed by atoms with van der Waals surface area (Å²) in [6, 6.07) is 5.39. The largest absolute Gasteiger partial charge is 0.435 e. The first-order valence-electron chi connectivity index (χ1n) is 11.1. The van der Waals surface area contributed by atoms with Crippen LogP contribution in [0.15, 0.2) is 36.5 Å². The number of sulfone groups is 1. The average molecular weight is 571 g/mol. The van der Waals surface area contributed by atoms with Gasteiger partial charge in [-0.25, -0.2) is 18.1 Å². The molecule has 1 saturated heterocycles. The van der Waals surface area contributed by atoms with Crippen LogP contribution in [-0.4, -0.2) is 51.5 Å². The van der Waals surface area contributed by atoms with Gasteiger partial charge in [0, 0.05) is 18.0 Å². The Labute approximate surface area is 220 Å². The third-order valence-electron chi connectivity index (χ3n) is 6.35. The first kappa shape index (κ1) is 27.4. The summed E-state index contributed by atoms with van der Waals surface area (Å²) in [5.74, 6) is -2.24. The van der Waals surface area contributed by atoms with E-state index in [0.717, 1.165) is 0 Å². The van der Waals surface area contributed by atoms with Crippen molar-refractivity contribution in [2.75, 3.05) is 16.8 Å². The number of amides is 2. The van der Waals surface area contributed by atoms with Crippen LogP contribution in [0.5, 0.6) is 0 Å². The van der Waals surface area contributed by atoms with E-state index in [9.17, 15) is 31.2 Å². The summed E-state index contributed by atoms with van der Waals surface area (Å²) in [6.45, 7) is 4.49. The highest BCUT2D eigenvalue weighted by atomic mass is 35.5. The van der Waals surface area contributed by atoms with E-state index >= 15 is 0 Å². The number of pyridine rings is 1. The molecule has 15 heteroatoms. The number of hydrogen-bond donors (Lipinski definition) is 3. The van der Waals surface area contributed by atoms with Crippen LogP contribution in [0, 0.1) is 6.92 Å². The number of aromatic nitrogens is 3. The molecule has 38 heavy (non-hydrogen) atoms. The maximum Gasteiger partial charge on any atom is 0.435 e. The molecule has 0 aliphatic carbocycles. The molecule has 2 aromatic heterocycles. The van der Waals surface area contributed by atoms with Crippen LogP contribution in [0.2, 0.25) is 5.02 Å². The minimum Gasteiger partial charge on any atom is -0.399 e. The van der Waals surface area contributed by atoms with Crippen LogP contribution in [0.25, 0.3) is 5.82 Å². The summed E-state index contributed by atoms with van der Waals surface area (Å²) in [7, 11) is -3.39. The van der Waals surface area contributed by atoms with E-state index in [2.05, 4.69) is 20.7 Å². The van der Waals surface area contributed by atoms with Crippen LogP contribution in [0.1, 0.15) is 46.0 Å². The zero-order valence-corrected chi connectivity index (χ0v) is 21.8. The molecule has 1 unspecified atom stereocenters. The molecule has 0 bridgehead atoms. The number of nitrogens with zero attached hydrogens (tertiary/aromatic N) is 3. The Hall–Kier alpha value is -3.65. The Balaban J connectivity index is 1.72. The Morgan fingerprint density at radius 3 is 2.47 bits per heavy atom. The summed E-state index contributed by atoms with van der Waals surface area (Å²) >= 11 is 6.09. The van der Waals surface area contributed by atoms with Gasteiger partial charge in [-0.1, -0.05) is 11.6 Å². The number of halogens is 4. The van der Waals surface area contributed by atoms with Crippen molar-refractivity contribution in [3.8, 4) is 5.82 Å². The van der Waals surface area contributed by atoms with Crippen molar-refractivity contribution in [3.05, 3.63) is 64.1 Å². The summed E-state index contributed by atoms with van der Waals surface area (Å²) in [5, 5.41) is 8.54. The van der Waals surface area contributed by atoms with Crippen LogP contribution in [0.3, 0.4) is 0 Å². The summed E-state index contributed by atoms with van der Waals surface area (Å²) in [6.07, 6.45) is -3.61. The number of carbonyl (C=O) groups excluding carboxylic acids is 2. The van der Waals surface area contributed by atoms with Gasteiger partial charge in [0.15, 0.2) is 21.3 Å². The molecule has 3 heterocycles. The Morgan fingerprint density at radius 1 is 1.21 bits per heavy atom. The second kappa shape index (κ2) is 9.27. The van der Waals surface area contributed by atoms with E-state index in [1.54, 1.807) is 0 Å². The molecule has 1 fully saturated rings. The first-order valence-corrected chi connectivity index (χ1v) is 13.1. The Morgan fingerprint density at radius 2 is 1.89 bits per heavy atom. The van der Waals surface area contributed by atoms with Gasteiger partial charge < -0.3 is 16.4 Å². The van der Waals surface area contributed by atoms with Crippen LogP contribution in [-0.2, 0) is 16.0 Å². The minimum absolute atomic E-state index is 0.0323. The van der Waals surface area contributed by atoms with Gasteiger partial charge >= 0.3 is 6.18 Å². The highest BCUT2D eigenvalue weighted by Gasteiger charge is 2.54. The fourth-order valence-electron chi connectivity index (χ4n) is 3.92. The quantitative estimate of drug-likeness (QED) is 0.398. The lowest BCUT2D eigenvalue weighted by Gasteiger charge is -2.43. The summed E-state index contributed by atoms with van der Waals surface area (Å²) in [4.78, 5) is 30.4. The molecular weight excluding hydrogens is 549 g/mol. The van der Waals surface area contributed by atoms with Gasteiger partial charge in [0.1, 0.15) is 5.69 Å². The van der Waals surface area contributed by atoms with Gasteiger partial charge in [-0.15, -0.1) is 0 Å². The second-order valence-electron chi connectivity index (χ2n) is 9.26. The number of alkyl halides is 3. The minimum atomic E-state index is -4.88. The van der Waals surface area contributed by atoms with Gasteiger partial charge in [0.2, 0.25) is 0 Å². The van der Waals surface area contributed by atoms with Crippen molar-refractivity contribution in [3.63, 3.8) is 0 Å². The number of nitrogens with one attached hydrogen (secondary N) is 2. The number of carbonyl (C=O) groups is 2. The number of nitrogen functional groups attached to an aromatic ring is 1. The lowest BCUT2D eigenvalue weighted by atomic mass is 10.0. The molecule has 0 spiro atoms. The van der Waals surface area contributed by atoms with Gasteiger partial charge in [0.25, 0.3) is 11.8 Å². The van der Waals surface area contributed by atoms with Crippen molar-refractivity contribution in [1.82, 2.24) is 20.1 Å². The number of aryl methyl sites for hydroxylation is 1. The van der Waals surface area contributed by atoms with Crippen LogP contribution < -0.4 is 16.4 Å². The molecule has 4 rings (SSSR count). The molecule has 202 valence electrons. The molecule has 1 atom stereocenters. The predicted octanol–water partition coefficient (Wildman–Crippen LogP) is 3.39. The molecule has 1 aromatic carbocycles. The molecule has 1 aliphatic rings. The van der Waals surface area contributed by atoms with Gasteiger partial charge in [-0.3, -0.25) is 9.59 Å². The molecule has 10 nitrogen and oxygen atoms in total. The number of benzene rings is 1. The van der Waals surface area contributed by atoms with Crippen LogP contribution >= 0.6 is 11.6 Å². The zero-order chi connectivity index (χ0) is 28.2. The topological polar surface area (TPSA) is 149 Å². The Bertz CT molecular complexity index is 1570. The van der Waals surface area contributed by atoms with E-state index in [0.29, 0.717) is 16.3 Å². The van der Waals surface area contributed by atoms with Crippen LogP contribution in [0.4, 0.5) is 24.5 Å². The third kappa shape index (κ3) is 4.80. The number of nitrogens with two attached hydrogens (primary N) is 1. The second-order valence-corrected chi connectivity index (χ2v) is 12.3. The third-order valence-corrected chi connectivity index (χ3v) is 9.30. The van der Waals surface area contributed by atoms with E-state index in [1.807, 2.05) is 0 Å². The number of anilines is 2. The van der Waals surface area contributed by atoms with E-state index < -0.39 is 50.0 Å². The molecule has 0 saturated carbocycles. The number of rotatable bonds is 5. The highest BCUT2D eigenvalue weighted by Crippen LogP contribution is 2.35. The highest BCUT2D eigenvalue weighted by molar-refractivity contribution is 7.94. The summed E-state index contributed by atoms with van der Waals surface area (Å²) in [5.41, 5.74) is 4.37. The molecule has 4 N–H and O–H groups in total. The van der Waals surface area contributed by atoms with Gasteiger partial charge in [0.05, 0.1) is 32.8 Å². The van der Waals surface area contributed by atoms with Crippen molar-refractivity contribution in [1.29, 1.82) is 0 Å². The average Bonchev–Trinajstić information content (AvgIpc) is 3.26. The smallest absolute Gasteiger partial charge is 0.399 e. The van der Waals surface area contributed by atoms with Gasteiger partial charge in [-0.05, 0) is 50.6 Å². The van der Waals surface area contributed by atoms with Crippen molar-refractivity contribution in [2.24, 2.45) is 0 Å². The normalized spacial score (nSPS) is 17.9. The first-order chi connectivity index (χ1) is 17.5. The summed E-state index contributed by atoms with van der Waals surface area (Å²) < 4.78 is 64.0. The molecular formula is C23H22ClF3N6O4S. The molecule has 2 amide bonds. The maximum absolute atomic E-state index is 13.5. The standard InChI is InChI=1S/C23H22ClF3N6O4S/c1-11-7-12(28)8-13(20(34)30-17-10-38(36,37)22(17,2)3)18(11)31-21(35)15-9-16(23(25,26)27)32-33(15)19-14(24)5-4-6-29-19/h4-9,17H,10,28H2,1-3H3,(H,30,34)(H,31,35). The predicted molar refractivity (Wildman–Crippen MR) is 134 cm³/mol. The fraction of sp³-hybridized carbons (Fsp3) is 0.304. The zero-order valence-electron chi connectivity index (χ0n) is 20.2. The maximum atomic E-state index is 13.5. The monoisotopic (exact) mass is 570 g/mol. The molecule has 3 aromatic rings. The van der Waals surface area contributed by atoms with Crippen molar-refractivity contribution in [2.45, 2.75) is 37.7 Å². The SMILES string of the molecule is Cc1cc(N)cc(C(=O)NC2CS(=O)(=O)C2(C)C)c1NC(=O)c1cc(C(F)(F)F)nn1-c1ncccc1Cl. The lowest BCUT2D eigenvalue weighted by Crippen LogP contribution is -2.66. The van der Waals surface area contributed by atoms with E-state index in [-0.39, 0.29) is 33.5 Å². The fourth-order valence-corrected chi connectivity index (χ4v) is 5.77. The van der Waals surface area contributed by atoms with Gasteiger partial charge in [-0.2, -0.15) is 18.3 Å². The van der Waals surface area contributed by atoms with E-state index in [4.69, 9.17) is 17.3 Å². The van der Waals surface area contributed by atoms with E-state index in [1.165, 1.54) is 51.2 Å². The lowest BCUT2D eigenvalue weighted by molar-refractivity contribution is -0.141. The molecule has 0 radical (unpaired) electrons. The number of hydrogen-bond acceptors (Lipinski definition) is 7. The Kier molecular flexibility index (Phi) is 6.68. The van der Waals surface area contributed by atoms with Crippen molar-refractivity contribution >= 4 is 44.6 Å².